The van der Waals surface area contributed by atoms with Crippen molar-refractivity contribution in [3.05, 3.63) is 11.6 Å². The summed E-state index contributed by atoms with van der Waals surface area (Å²) in [6, 6.07) is 0. The number of allylic oxidation sites excluding steroid dienone is 1. The number of ether oxygens (including phenoxy) is 1. The average Bonchev–Trinajstić information content (AvgIpc) is 1.97. The maximum Gasteiger partial charge on any atom is 0.411 e. The predicted molar refractivity (Wildman–Crippen MR) is 40.9 cm³/mol. The van der Waals surface area contributed by atoms with Gasteiger partial charge >= 0.3 is 6.18 Å². The summed E-state index contributed by atoms with van der Waals surface area (Å²) in [7, 11) is 0. The summed E-state index contributed by atoms with van der Waals surface area (Å²) in [4.78, 5) is 0. The molecule has 0 saturated heterocycles. The van der Waals surface area contributed by atoms with E-state index in [4.69, 9.17) is 0 Å². The standard InChI is InChI=1S/C8H13F3O/c1-4-6(2)7(3)12-5-8(9,10)11/h4,7H,5H2,1-3H3/b6-4+. The molecule has 0 heterocycles. The molecule has 0 rings (SSSR count). The lowest BCUT2D eigenvalue weighted by atomic mass is 10.2. The molecule has 0 spiro atoms. The van der Waals surface area contributed by atoms with Gasteiger partial charge in [0, 0.05) is 0 Å². The third-order valence-corrected chi connectivity index (χ3v) is 1.59. The van der Waals surface area contributed by atoms with Crippen LogP contribution in [0.2, 0.25) is 0 Å². The summed E-state index contributed by atoms with van der Waals surface area (Å²) in [5.41, 5.74) is 0.805. The second kappa shape index (κ2) is 4.50. The highest BCUT2D eigenvalue weighted by molar-refractivity contribution is 5.01. The van der Waals surface area contributed by atoms with Gasteiger partial charge in [0.25, 0.3) is 0 Å². The maximum atomic E-state index is 11.6. The third kappa shape index (κ3) is 5.18. The first kappa shape index (κ1) is 11.5. The first-order valence-electron chi connectivity index (χ1n) is 3.68. The van der Waals surface area contributed by atoms with Crippen molar-refractivity contribution in [1.29, 1.82) is 0 Å². The van der Waals surface area contributed by atoms with Crippen molar-refractivity contribution in [2.45, 2.75) is 33.1 Å². The first-order valence-corrected chi connectivity index (χ1v) is 3.68. The Balaban J connectivity index is 3.80. The lowest BCUT2D eigenvalue weighted by molar-refractivity contribution is -0.180. The molecular weight excluding hydrogens is 169 g/mol. The molecule has 0 aromatic carbocycles. The van der Waals surface area contributed by atoms with E-state index < -0.39 is 18.9 Å². The molecule has 1 nitrogen and oxygen atoms in total. The lowest BCUT2D eigenvalue weighted by Crippen LogP contribution is -2.22. The van der Waals surface area contributed by atoms with Gasteiger partial charge in [0.05, 0.1) is 6.10 Å². The molecule has 0 radical (unpaired) electrons. The largest absolute Gasteiger partial charge is 0.411 e. The smallest absolute Gasteiger partial charge is 0.365 e. The van der Waals surface area contributed by atoms with Crippen LogP contribution in [-0.4, -0.2) is 18.9 Å². The van der Waals surface area contributed by atoms with E-state index in [0.717, 1.165) is 5.57 Å². The molecule has 0 amide bonds. The van der Waals surface area contributed by atoms with Crippen molar-refractivity contribution in [2.24, 2.45) is 0 Å². The Morgan fingerprint density at radius 2 is 2.00 bits per heavy atom. The Kier molecular flexibility index (Phi) is 4.31. The second-order valence-corrected chi connectivity index (χ2v) is 2.60. The van der Waals surface area contributed by atoms with Gasteiger partial charge in [-0.1, -0.05) is 6.08 Å². The molecule has 4 heteroatoms. The van der Waals surface area contributed by atoms with Crippen molar-refractivity contribution in [1.82, 2.24) is 0 Å². The Labute approximate surface area is 70.2 Å². The minimum atomic E-state index is -4.23. The Morgan fingerprint density at radius 3 is 2.33 bits per heavy atom. The highest BCUT2D eigenvalue weighted by atomic mass is 19.4. The molecular formula is C8H13F3O. The van der Waals surface area contributed by atoms with Gasteiger partial charge in [0.2, 0.25) is 0 Å². The number of halogens is 3. The molecule has 0 aromatic rings. The van der Waals surface area contributed by atoms with E-state index in [-0.39, 0.29) is 0 Å². The maximum absolute atomic E-state index is 11.6. The van der Waals surface area contributed by atoms with Crippen LogP contribution in [0.5, 0.6) is 0 Å². The number of hydrogen-bond donors (Lipinski definition) is 0. The molecule has 12 heavy (non-hydrogen) atoms. The van der Waals surface area contributed by atoms with Gasteiger partial charge in [-0.2, -0.15) is 13.2 Å². The average molecular weight is 182 g/mol. The van der Waals surface area contributed by atoms with Gasteiger partial charge < -0.3 is 4.74 Å². The molecule has 1 atom stereocenters. The molecule has 0 bridgehead atoms. The van der Waals surface area contributed by atoms with Crippen LogP contribution >= 0.6 is 0 Å². The molecule has 0 aliphatic heterocycles. The second-order valence-electron chi connectivity index (χ2n) is 2.60. The molecule has 0 aliphatic rings. The summed E-state index contributed by atoms with van der Waals surface area (Å²) >= 11 is 0. The zero-order valence-electron chi connectivity index (χ0n) is 7.40. The number of hydrogen-bond acceptors (Lipinski definition) is 1. The normalized spacial score (nSPS) is 16.3. The van der Waals surface area contributed by atoms with Crippen molar-refractivity contribution in [3.8, 4) is 0 Å². The molecule has 72 valence electrons. The van der Waals surface area contributed by atoms with Crippen LogP contribution in [0.25, 0.3) is 0 Å². The summed E-state index contributed by atoms with van der Waals surface area (Å²) in [5, 5.41) is 0. The van der Waals surface area contributed by atoms with Crippen LogP contribution in [0, 0.1) is 0 Å². The van der Waals surface area contributed by atoms with Crippen LogP contribution in [-0.2, 0) is 4.74 Å². The summed E-state index contributed by atoms with van der Waals surface area (Å²) in [5.74, 6) is 0. The highest BCUT2D eigenvalue weighted by Crippen LogP contribution is 2.17. The SMILES string of the molecule is C/C=C(\C)C(C)OCC(F)(F)F. The van der Waals surface area contributed by atoms with Gasteiger partial charge in [0.15, 0.2) is 0 Å². The van der Waals surface area contributed by atoms with Crippen molar-refractivity contribution < 1.29 is 17.9 Å². The molecule has 0 aliphatic carbocycles. The van der Waals surface area contributed by atoms with E-state index in [1.807, 2.05) is 0 Å². The summed E-state index contributed by atoms with van der Waals surface area (Å²) in [6.45, 7) is 3.92. The van der Waals surface area contributed by atoms with Gasteiger partial charge in [-0.25, -0.2) is 0 Å². The van der Waals surface area contributed by atoms with E-state index in [0.29, 0.717) is 0 Å². The summed E-state index contributed by atoms with van der Waals surface area (Å²) in [6.07, 6.45) is -2.96. The van der Waals surface area contributed by atoms with Crippen molar-refractivity contribution in [2.75, 3.05) is 6.61 Å². The van der Waals surface area contributed by atoms with E-state index in [1.54, 1.807) is 26.8 Å². The zero-order chi connectivity index (χ0) is 9.78. The fourth-order valence-electron chi connectivity index (χ4n) is 0.586. The van der Waals surface area contributed by atoms with Crippen LogP contribution < -0.4 is 0 Å². The fraction of sp³-hybridized carbons (Fsp3) is 0.750. The van der Waals surface area contributed by atoms with Crippen LogP contribution in [0.4, 0.5) is 13.2 Å². The fourth-order valence-corrected chi connectivity index (χ4v) is 0.586. The lowest BCUT2D eigenvalue weighted by Gasteiger charge is -2.14. The van der Waals surface area contributed by atoms with Gasteiger partial charge in [-0.05, 0) is 26.3 Å². The molecule has 0 N–H and O–H groups in total. The van der Waals surface area contributed by atoms with E-state index in [9.17, 15) is 13.2 Å². The third-order valence-electron chi connectivity index (χ3n) is 1.59. The van der Waals surface area contributed by atoms with Crippen molar-refractivity contribution in [3.63, 3.8) is 0 Å². The monoisotopic (exact) mass is 182 g/mol. The minimum absolute atomic E-state index is 0.461. The first-order chi connectivity index (χ1) is 5.37. The zero-order valence-corrected chi connectivity index (χ0v) is 7.40. The van der Waals surface area contributed by atoms with Crippen LogP contribution in [0.15, 0.2) is 11.6 Å². The van der Waals surface area contributed by atoms with E-state index in [1.165, 1.54) is 0 Å². The quantitative estimate of drug-likeness (QED) is 0.610. The number of rotatable bonds is 3. The predicted octanol–water partition coefficient (Wildman–Crippen LogP) is 2.92. The highest BCUT2D eigenvalue weighted by Gasteiger charge is 2.28. The molecule has 0 aromatic heterocycles. The Hall–Kier alpha value is -0.510. The molecule has 0 saturated carbocycles. The van der Waals surface area contributed by atoms with Crippen LogP contribution in [0.1, 0.15) is 20.8 Å². The Morgan fingerprint density at radius 1 is 1.50 bits per heavy atom. The molecule has 0 fully saturated rings. The number of alkyl halides is 3. The topological polar surface area (TPSA) is 9.23 Å². The van der Waals surface area contributed by atoms with Crippen molar-refractivity contribution >= 4 is 0 Å². The van der Waals surface area contributed by atoms with Crippen LogP contribution in [0.3, 0.4) is 0 Å². The minimum Gasteiger partial charge on any atom is -0.365 e. The van der Waals surface area contributed by atoms with E-state index in [2.05, 4.69) is 4.74 Å². The van der Waals surface area contributed by atoms with Gasteiger partial charge in [-0.3, -0.25) is 0 Å². The van der Waals surface area contributed by atoms with Gasteiger partial charge in [-0.15, -0.1) is 0 Å². The Bertz CT molecular complexity index is 160. The van der Waals surface area contributed by atoms with Gasteiger partial charge in [0.1, 0.15) is 6.61 Å². The molecule has 1 unspecified atom stereocenters. The van der Waals surface area contributed by atoms with E-state index >= 15 is 0 Å². The summed E-state index contributed by atoms with van der Waals surface area (Å²) < 4.78 is 39.5.